The van der Waals surface area contributed by atoms with Gasteiger partial charge in [0.1, 0.15) is 5.82 Å². The van der Waals surface area contributed by atoms with Crippen LogP contribution in [0.4, 0.5) is 0 Å². The van der Waals surface area contributed by atoms with E-state index in [0.29, 0.717) is 0 Å². The molecule has 0 unspecified atom stereocenters. The van der Waals surface area contributed by atoms with Crippen molar-refractivity contribution in [2.45, 2.75) is 41.2 Å². The van der Waals surface area contributed by atoms with Gasteiger partial charge < -0.3 is 4.57 Å². The van der Waals surface area contributed by atoms with Crippen molar-refractivity contribution in [3.8, 4) is 11.4 Å². The molecule has 4 aromatic rings. The maximum absolute atomic E-state index is 4.98. The number of benzene rings is 3. The third kappa shape index (κ3) is 3.06. The largest absolute Gasteiger partial charge is 0.319 e. The molecule has 0 atom stereocenters. The van der Waals surface area contributed by atoms with Gasteiger partial charge in [0.2, 0.25) is 0 Å². The molecule has 0 aliphatic carbocycles. The molecule has 0 spiro atoms. The van der Waals surface area contributed by atoms with Crippen molar-refractivity contribution < 1.29 is 0 Å². The van der Waals surface area contributed by atoms with Gasteiger partial charge in [-0.3, -0.25) is 0 Å². The zero-order chi connectivity index (χ0) is 19.1. The fourth-order valence-corrected chi connectivity index (χ4v) is 3.85. The summed E-state index contributed by atoms with van der Waals surface area (Å²) < 4.78 is 2.37. The van der Waals surface area contributed by atoms with Gasteiger partial charge in [-0.15, -0.1) is 0 Å². The third-order valence-corrected chi connectivity index (χ3v) is 5.80. The molecule has 4 rings (SSSR count). The molecule has 27 heavy (non-hydrogen) atoms. The number of hydrogen-bond donors (Lipinski definition) is 0. The van der Waals surface area contributed by atoms with Crippen LogP contribution in [0.15, 0.2) is 54.6 Å². The SMILES string of the molecule is Cc1ccc(-c2nc3ccccc3n2Cc2c(C)c(C)cc(C)c2C)cc1. The number of aryl methyl sites for hydroxylation is 3. The Morgan fingerprint density at radius 1 is 0.778 bits per heavy atom. The molecule has 0 aliphatic heterocycles. The second-order valence-electron chi connectivity index (χ2n) is 7.62. The Hall–Kier alpha value is -2.87. The van der Waals surface area contributed by atoms with E-state index in [1.165, 1.54) is 38.9 Å². The zero-order valence-electron chi connectivity index (χ0n) is 16.8. The first kappa shape index (κ1) is 17.5. The van der Waals surface area contributed by atoms with E-state index in [1.54, 1.807) is 0 Å². The highest BCUT2D eigenvalue weighted by Crippen LogP contribution is 2.29. The van der Waals surface area contributed by atoms with E-state index in [2.05, 4.69) is 93.8 Å². The molecule has 2 nitrogen and oxygen atoms in total. The Morgan fingerprint density at radius 3 is 2.07 bits per heavy atom. The van der Waals surface area contributed by atoms with Crippen LogP contribution in [0.5, 0.6) is 0 Å². The van der Waals surface area contributed by atoms with Gasteiger partial charge in [-0.1, -0.05) is 48.0 Å². The van der Waals surface area contributed by atoms with Crippen LogP contribution in [0.25, 0.3) is 22.4 Å². The summed E-state index contributed by atoms with van der Waals surface area (Å²) >= 11 is 0. The van der Waals surface area contributed by atoms with Crippen LogP contribution in [0.3, 0.4) is 0 Å². The number of para-hydroxylation sites is 2. The number of rotatable bonds is 3. The summed E-state index contributed by atoms with van der Waals surface area (Å²) in [7, 11) is 0. The first-order valence-corrected chi connectivity index (χ1v) is 9.54. The van der Waals surface area contributed by atoms with Crippen molar-refractivity contribution in [3.63, 3.8) is 0 Å². The Bertz CT molecular complexity index is 1110. The van der Waals surface area contributed by atoms with Crippen LogP contribution in [-0.4, -0.2) is 9.55 Å². The minimum absolute atomic E-state index is 0.837. The summed E-state index contributed by atoms with van der Waals surface area (Å²) in [5, 5.41) is 0. The first-order chi connectivity index (χ1) is 13.0. The third-order valence-electron chi connectivity index (χ3n) is 5.80. The number of aromatic nitrogens is 2. The molecule has 0 radical (unpaired) electrons. The van der Waals surface area contributed by atoms with Crippen molar-refractivity contribution in [2.24, 2.45) is 0 Å². The molecule has 0 bridgehead atoms. The highest BCUT2D eigenvalue weighted by molar-refractivity contribution is 5.81. The van der Waals surface area contributed by atoms with Crippen molar-refractivity contribution in [1.29, 1.82) is 0 Å². The van der Waals surface area contributed by atoms with E-state index in [9.17, 15) is 0 Å². The van der Waals surface area contributed by atoms with E-state index in [-0.39, 0.29) is 0 Å². The molecule has 1 aromatic heterocycles. The molecule has 0 saturated heterocycles. The summed E-state index contributed by atoms with van der Waals surface area (Å²) in [6.45, 7) is 11.8. The van der Waals surface area contributed by atoms with Gasteiger partial charge in [-0.25, -0.2) is 4.98 Å². The molecule has 0 saturated carbocycles. The quantitative estimate of drug-likeness (QED) is 0.422. The van der Waals surface area contributed by atoms with Gasteiger partial charge >= 0.3 is 0 Å². The van der Waals surface area contributed by atoms with Crippen molar-refractivity contribution >= 4 is 11.0 Å². The molecular formula is C25H26N2. The van der Waals surface area contributed by atoms with E-state index in [0.717, 1.165) is 23.4 Å². The summed E-state index contributed by atoms with van der Waals surface area (Å²) in [4.78, 5) is 4.98. The van der Waals surface area contributed by atoms with Crippen LogP contribution in [0, 0.1) is 34.6 Å². The highest BCUT2D eigenvalue weighted by Gasteiger charge is 2.16. The zero-order valence-corrected chi connectivity index (χ0v) is 16.8. The van der Waals surface area contributed by atoms with Crippen LogP contribution in [0.1, 0.15) is 33.4 Å². The maximum atomic E-state index is 4.98. The summed E-state index contributed by atoms with van der Waals surface area (Å²) in [5.74, 6) is 1.04. The van der Waals surface area contributed by atoms with Crippen LogP contribution in [0.2, 0.25) is 0 Å². The minimum Gasteiger partial charge on any atom is -0.319 e. The fourth-order valence-electron chi connectivity index (χ4n) is 3.85. The number of hydrogen-bond acceptors (Lipinski definition) is 1. The number of imidazole rings is 1. The van der Waals surface area contributed by atoms with E-state index in [4.69, 9.17) is 4.98 Å². The predicted molar refractivity (Wildman–Crippen MR) is 114 cm³/mol. The topological polar surface area (TPSA) is 17.8 Å². The van der Waals surface area contributed by atoms with Gasteiger partial charge in [0.15, 0.2) is 0 Å². The lowest BCUT2D eigenvalue weighted by molar-refractivity contribution is 0.818. The molecule has 0 N–H and O–H groups in total. The van der Waals surface area contributed by atoms with Gasteiger partial charge in [0.05, 0.1) is 17.6 Å². The Kier molecular flexibility index (Phi) is 4.35. The predicted octanol–water partition coefficient (Wildman–Crippen LogP) is 6.29. The summed E-state index contributed by atoms with van der Waals surface area (Å²) in [5.41, 5.74) is 11.5. The van der Waals surface area contributed by atoms with E-state index < -0.39 is 0 Å². The van der Waals surface area contributed by atoms with Crippen molar-refractivity contribution in [1.82, 2.24) is 9.55 Å². The van der Waals surface area contributed by atoms with Crippen molar-refractivity contribution in [3.05, 3.63) is 88.0 Å². The summed E-state index contributed by atoms with van der Waals surface area (Å²) in [6.07, 6.45) is 0. The highest BCUT2D eigenvalue weighted by atomic mass is 15.1. The fraction of sp³-hybridized carbons (Fsp3) is 0.240. The number of fused-ring (bicyclic) bond motifs is 1. The van der Waals surface area contributed by atoms with Gasteiger partial charge in [-0.2, -0.15) is 0 Å². The molecule has 3 aromatic carbocycles. The average molecular weight is 354 g/mol. The Morgan fingerprint density at radius 2 is 1.41 bits per heavy atom. The molecule has 2 heteroatoms. The monoisotopic (exact) mass is 354 g/mol. The van der Waals surface area contributed by atoms with E-state index >= 15 is 0 Å². The molecule has 0 aliphatic rings. The number of nitrogens with zero attached hydrogens (tertiary/aromatic N) is 2. The second-order valence-corrected chi connectivity index (χ2v) is 7.62. The smallest absolute Gasteiger partial charge is 0.141 e. The lowest BCUT2D eigenvalue weighted by Gasteiger charge is -2.18. The lowest BCUT2D eigenvalue weighted by Crippen LogP contribution is -2.07. The van der Waals surface area contributed by atoms with Crippen LogP contribution < -0.4 is 0 Å². The maximum Gasteiger partial charge on any atom is 0.141 e. The Labute approximate surface area is 161 Å². The van der Waals surface area contributed by atoms with Crippen LogP contribution in [-0.2, 0) is 6.54 Å². The minimum atomic E-state index is 0.837. The first-order valence-electron chi connectivity index (χ1n) is 9.54. The standard InChI is InChI=1S/C25H26N2/c1-16-10-12-21(13-11-16)25-26-23-8-6-7-9-24(23)27(25)15-22-19(4)17(2)14-18(3)20(22)5/h6-14H,15H2,1-5H3. The second kappa shape index (κ2) is 6.70. The summed E-state index contributed by atoms with van der Waals surface area (Å²) in [6, 6.07) is 19.4. The average Bonchev–Trinajstić information content (AvgIpc) is 3.03. The molecular weight excluding hydrogens is 328 g/mol. The van der Waals surface area contributed by atoms with E-state index in [1.807, 2.05) is 0 Å². The molecule has 136 valence electrons. The van der Waals surface area contributed by atoms with Gasteiger partial charge in [0, 0.05) is 5.56 Å². The molecule has 0 fully saturated rings. The van der Waals surface area contributed by atoms with Gasteiger partial charge in [0.25, 0.3) is 0 Å². The van der Waals surface area contributed by atoms with Crippen LogP contribution >= 0.6 is 0 Å². The van der Waals surface area contributed by atoms with Gasteiger partial charge in [-0.05, 0) is 74.6 Å². The molecule has 0 amide bonds. The van der Waals surface area contributed by atoms with Crippen molar-refractivity contribution in [2.75, 3.05) is 0 Å². The Balaban J connectivity index is 1.94. The normalized spacial score (nSPS) is 11.3. The molecule has 1 heterocycles. The lowest BCUT2D eigenvalue weighted by atomic mass is 9.94.